The minimum absolute atomic E-state index is 0.237. The van der Waals surface area contributed by atoms with Crippen molar-refractivity contribution < 1.29 is 28.7 Å². The number of hydrogen-bond donors (Lipinski definition) is 1. The number of rotatable bonds is 9. The predicted molar refractivity (Wildman–Crippen MR) is 165 cm³/mol. The summed E-state index contributed by atoms with van der Waals surface area (Å²) >= 11 is 6.63. The standard InChI is InChI=1S/C31H27N3O6S2/c1-3-40-30(38)20-10-12-21(13-11-20)32-25(35)18-34-24-7-5-4-6-23(24)26(28(34)36)27-29(37)33(31(41)42-27)17-16-19-8-14-22(39-2)15-9-19/h4-15H,3,16-18H2,1-2H3,(H,32,35)/b27-26-. The summed E-state index contributed by atoms with van der Waals surface area (Å²) in [6.07, 6.45) is 0.580. The van der Waals surface area contributed by atoms with Crippen LogP contribution in [-0.4, -0.2) is 59.7 Å². The molecule has 1 fully saturated rings. The molecule has 0 saturated carbocycles. The molecule has 0 spiro atoms. The van der Waals surface area contributed by atoms with Gasteiger partial charge in [-0.05, 0) is 61.4 Å². The highest BCUT2D eigenvalue weighted by Crippen LogP contribution is 2.44. The van der Waals surface area contributed by atoms with Crippen molar-refractivity contribution >= 4 is 68.9 Å². The van der Waals surface area contributed by atoms with Crippen LogP contribution in [-0.2, 0) is 25.5 Å². The number of thiocarbonyl (C=S) groups is 1. The minimum Gasteiger partial charge on any atom is -0.497 e. The molecule has 0 bridgehead atoms. The van der Waals surface area contributed by atoms with Gasteiger partial charge in [-0.25, -0.2) is 4.79 Å². The van der Waals surface area contributed by atoms with Crippen molar-refractivity contribution in [2.45, 2.75) is 13.3 Å². The Morgan fingerprint density at radius 2 is 1.64 bits per heavy atom. The van der Waals surface area contributed by atoms with E-state index < -0.39 is 17.8 Å². The minimum atomic E-state index is -0.451. The van der Waals surface area contributed by atoms with Crippen LogP contribution in [0.25, 0.3) is 5.57 Å². The zero-order valence-corrected chi connectivity index (χ0v) is 24.6. The molecule has 0 aliphatic carbocycles. The number of thioether (sulfide) groups is 1. The topological polar surface area (TPSA) is 105 Å². The van der Waals surface area contributed by atoms with Crippen molar-refractivity contribution in [3.05, 3.63) is 94.4 Å². The van der Waals surface area contributed by atoms with Crippen LogP contribution in [0, 0.1) is 0 Å². The van der Waals surface area contributed by atoms with Crippen molar-refractivity contribution in [2.24, 2.45) is 0 Å². The van der Waals surface area contributed by atoms with Crippen molar-refractivity contribution in [2.75, 3.05) is 37.0 Å². The van der Waals surface area contributed by atoms with E-state index in [1.165, 1.54) is 9.80 Å². The van der Waals surface area contributed by atoms with Gasteiger partial charge in [0.25, 0.3) is 11.8 Å². The lowest BCUT2D eigenvalue weighted by Gasteiger charge is -2.17. The Morgan fingerprint density at radius 1 is 0.929 bits per heavy atom. The van der Waals surface area contributed by atoms with E-state index in [2.05, 4.69) is 5.32 Å². The number of esters is 1. The van der Waals surface area contributed by atoms with Gasteiger partial charge >= 0.3 is 5.97 Å². The normalized spacial score (nSPS) is 16.1. The maximum Gasteiger partial charge on any atom is 0.338 e. The van der Waals surface area contributed by atoms with E-state index in [1.807, 2.05) is 24.3 Å². The van der Waals surface area contributed by atoms with Gasteiger partial charge in [-0.1, -0.05) is 54.3 Å². The first-order valence-electron chi connectivity index (χ1n) is 13.2. The Morgan fingerprint density at radius 3 is 2.33 bits per heavy atom. The summed E-state index contributed by atoms with van der Waals surface area (Å²) in [6, 6.07) is 20.9. The molecule has 5 rings (SSSR count). The number of benzene rings is 3. The van der Waals surface area contributed by atoms with E-state index in [0.29, 0.717) is 39.8 Å². The summed E-state index contributed by atoms with van der Waals surface area (Å²) in [6.45, 7) is 2.08. The van der Waals surface area contributed by atoms with Crippen LogP contribution in [0.3, 0.4) is 0 Å². The molecule has 11 heteroatoms. The van der Waals surface area contributed by atoms with Gasteiger partial charge in [0.15, 0.2) is 0 Å². The summed E-state index contributed by atoms with van der Waals surface area (Å²) in [5, 5.41) is 2.76. The number of amides is 3. The molecule has 0 atom stereocenters. The van der Waals surface area contributed by atoms with Gasteiger partial charge in [-0.2, -0.15) is 0 Å². The van der Waals surface area contributed by atoms with E-state index in [9.17, 15) is 19.2 Å². The fourth-order valence-corrected chi connectivity index (χ4v) is 6.06. The molecule has 2 aliphatic rings. The Hall–Kier alpha value is -4.48. The number of nitrogens with one attached hydrogen (secondary N) is 1. The van der Waals surface area contributed by atoms with Gasteiger partial charge in [0.05, 0.1) is 35.4 Å². The van der Waals surface area contributed by atoms with Crippen LogP contribution in [0.4, 0.5) is 11.4 Å². The second kappa shape index (κ2) is 12.6. The Labute approximate surface area is 252 Å². The third kappa shape index (κ3) is 5.93. The molecule has 0 radical (unpaired) electrons. The molecule has 214 valence electrons. The summed E-state index contributed by atoms with van der Waals surface area (Å²) in [7, 11) is 1.60. The van der Waals surface area contributed by atoms with E-state index in [0.717, 1.165) is 23.1 Å². The number of methoxy groups -OCH3 is 1. The number of fused-ring (bicyclic) bond motifs is 1. The molecule has 3 aromatic carbocycles. The lowest BCUT2D eigenvalue weighted by molar-refractivity contribution is -0.122. The Kier molecular flexibility index (Phi) is 8.69. The third-order valence-corrected chi connectivity index (χ3v) is 8.21. The number of nitrogens with zero attached hydrogens (tertiary/aromatic N) is 2. The zero-order valence-electron chi connectivity index (χ0n) is 22.9. The number of carbonyl (C=O) groups excluding carboxylic acids is 4. The molecule has 0 unspecified atom stereocenters. The van der Waals surface area contributed by atoms with Gasteiger partial charge < -0.3 is 14.8 Å². The molecular weight excluding hydrogens is 574 g/mol. The maximum absolute atomic E-state index is 13.7. The summed E-state index contributed by atoms with van der Waals surface area (Å²) in [4.78, 5) is 55.2. The zero-order chi connectivity index (χ0) is 29.8. The molecule has 2 heterocycles. The van der Waals surface area contributed by atoms with Crippen LogP contribution >= 0.6 is 24.0 Å². The molecule has 2 aliphatic heterocycles. The van der Waals surface area contributed by atoms with E-state index >= 15 is 0 Å². The SMILES string of the molecule is CCOC(=O)c1ccc(NC(=O)CN2C(=O)/C(=C3\SC(=S)N(CCc4ccc(OC)cc4)C3=O)c3ccccc32)cc1. The highest BCUT2D eigenvalue weighted by Gasteiger charge is 2.42. The van der Waals surface area contributed by atoms with Gasteiger partial charge in [0.1, 0.15) is 16.6 Å². The summed E-state index contributed by atoms with van der Waals surface area (Å²) < 4.78 is 10.6. The van der Waals surface area contributed by atoms with Crippen molar-refractivity contribution in [3.63, 3.8) is 0 Å². The lowest BCUT2D eigenvalue weighted by atomic mass is 10.1. The quantitative estimate of drug-likeness (QED) is 0.214. The first-order valence-corrected chi connectivity index (χ1v) is 14.4. The average molecular weight is 602 g/mol. The molecule has 3 amide bonds. The van der Waals surface area contributed by atoms with Gasteiger partial charge in [-0.3, -0.25) is 24.2 Å². The highest BCUT2D eigenvalue weighted by molar-refractivity contribution is 8.26. The summed E-state index contributed by atoms with van der Waals surface area (Å²) in [5.41, 5.74) is 3.20. The molecule has 1 saturated heterocycles. The molecule has 1 N–H and O–H groups in total. The smallest absolute Gasteiger partial charge is 0.338 e. The molecule has 9 nitrogen and oxygen atoms in total. The number of anilines is 2. The van der Waals surface area contributed by atoms with Crippen molar-refractivity contribution in [3.8, 4) is 5.75 Å². The fourth-order valence-electron chi connectivity index (χ4n) is 4.68. The lowest BCUT2D eigenvalue weighted by Crippen LogP contribution is -2.35. The maximum atomic E-state index is 13.7. The van der Waals surface area contributed by atoms with E-state index in [4.69, 9.17) is 21.7 Å². The Balaban J connectivity index is 1.31. The number of carbonyl (C=O) groups is 4. The largest absolute Gasteiger partial charge is 0.497 e. The fraction of sp³-hybridized carbons (Fsp3) is 0.194. The third-order valence-electron chi connectivity index (χ3n) is 6.76. The molecular formula is C31H27N3O6S2. The molecule has 42 heavy (non-hydrogen) atoms. The Bertz CT molecular complexity index is 1600. The predicted octanol–water partition coefficient (Wildman–Crippen LogP) is 4.67. The number of para-hydroxylation sites is 1. The van der Waals surface area contributed by atoms with Crippen LogP contribution in [0.2, 0.25) is 0 Å². The molecule has 3 aromatic rings. The van der Waals surface area contributed by atoms with E-state index in [-0.39, 0.29) is 29.5 Å². The second-order valence-corrected chi connectivity index (χ2v) is 11.0. The number of hydrogen-bond acceptors (Lipinski definition) is 8. The highest BCUT2D eigenvalue weighted by atomic mass is 32.2. The van der Waals surface area contributed by atoms with Crippen LogP contribution in [0.5, 0.6) is 5.75 Å². The van der Waals surface area contributed by atoms with Crippen LogP contribution in [0.1, 0.15) is 28.4 Å². The average Bonchev–Trinajstić information content (AvgIpc) is 3.43. The first-order chi connectivity index (χ1) is 20.3. The van der Waals surface area contributed by atoms with Crippen LogP contribution < -0.4 is 15.0 Å². The molecule has 0 aromatic heterocycles. The number of ether oxygens (including phenoxy) is 2. The van der Waals surface area contributed by atoms with Crippen molar-refractivity contribution in [1.82, 2.24) is 4.90 Å². The van der Waals surface area contributed by atoms with Gasteiger partial charge in [0.2, 0.25) is 5.91 Å². The van der Waals surface area contributed by atoms with E-state index in [1.54, 1.807) is 62.6 Å². The first kappa shape index (κ1) is 29.0. The monoisotopic (exact) mass is 601 g/mol. The van der Waals surface area contributed by atoms with Gasteiger partial charge in [0, 0.05) is 17.8 Å². The van der Waals surface area contributed by atoms with Crippen molar-refractivity contribution in [1.29, 1.82) is 0 Å². The van der Waals surface area contributed by atoms with Gasteiger partial charge in [-0.15, -0.1) is 0 Å². The van der Waals surface area contributed by atoms with Crippen LogP contribution in [0.15, 0.2) is 77.7 Å². The summed E-state index contributed by atoms with van der Waals surface area (Å²) in [5.74, 6) is -0.911. The second-order valence-electron chi connectivity index (χ2n) is 9.38.